The summed E-state index contributed by atoms with van der Waals surface area (Å²) in [6.07, 6.45) is 4.03. The van der Waals surface area contributed by atoms with Gasteiger partial charge in [-0.1, -0.05) is 13.8 Å². The van der Waals surface area contributed by atoms with Gasteiger partial charge < -0.3 is 20.5 Å². The molecule has 0 radical (unpaired) electrons. The van der Waals surface area contributed by atoms with Crippen LogP contribution in [0, 0.1) is 5.41 Å². The van der Waals surface area contributed by atoms with Crippen LogP contribution in [0.5, 0.6) is 0 Å². The molecule has 118 valence electrons. The first-order valence-electron chi connectivity index (χ1n) is 7.45. The number of nitrogens with one attached hydrogen (secondary N) is 1. The average molecular weight is 286 g/mol. The van der Waals surface area contributed by atoms with Crippen molar-refractivity contribution in [2.24, 2.45) is 11.1 Å². The summed E-state index contributed by atoms with van der Waals surface area (Å²) in [5.41, 5.74) is 5.92. The number of nitrogens with two attached hydrogens (primary N) is 1. The lowest BCUT2D eigenvalue weighted by Crippen LogP contribution is -2.48. The zero-order valence-electron chi connectivity index (χ0n) is 13.3. The van der Waals surface area contributed by atoms with E-state index in [-0.39, 0.29) is 24.2 Å². The molecular formula is C15H30N2O3. The summed E-state index contributed by atoms with van der Waals surface area (Å²) in [5, 5.41) is 2.85. The van der Waals surface area contributed by atoms with Crippen LogP contribution in [0.1, 0.15) is 46.5 Å². The van der Waals surface area contributed by atoms with Crippen molar-refractivity contribution in [2.45, 2.75) is 58.1 Å². The minimum atomic E-state index is -0.322. The van der Waals surface area contributed by atoms with Crippen molar-refractivity contribution in [3.63, 3.8) is 0 Å². The van der Waals surface area contributed by atoms with Gasteiger partial charge in [0.05, 0.1) is 12.2 Å². The van der Waals surface area contributed by atoms with E-state index < -0.39 is 0 Å². The maximum absolute atomic E-state index is 11.8. The average Bonchev–Trinajstić information content (AvgIpc) is 2.38. The molecule has 0 heterocycles. The molecule has 5 nitrogen and oxygen atoms in total. The Labute approximate surface area is 122 Å². The van der Waals surface area contributed by atoms with E-state index in [0.29, 0.717) is 18.6 Å². The van der Waals surface area contributed by atoms with Gasteiger partial charge in [0.15, 0.2) is 0 Å². The molecule has 0 spiro atoms. The summed E-state index contributed by atoms with van der Waals surface area (Å²) >= 11 is 0. The van der Waals surface area contributed by atoms with Crippen LogP contribution >= 0.6 is 0 Å². The molecule has 1 atom stereocenters. The van der Waals surface area contributed by atoms with E-state index >= 15 is 0 Å². The molecule has 1 fully saturated rings. The van der Waals surface area contributed by atoms with E-state index in [1.165, 1.54) is 0 Å². The zero-order valence-corrected chi connectivity index (χ0v) is 13.3. The summed E-state index contributed by atoms with van der Waals surface area (Å²) in [7, 11) is 1.62. The van der Waals surface area contributed by atoms with Crippen molar-refractivity contribution in [3.05, 3.63) is 0 Å². The van der Waals surface area contributed by atoms with Gasteiger partial charge in [0, 0.05) is 19.7 Å². The lowest BCUT2D eigenvalue weighted by atomic mass is 9.71. The third-order valence-electron chi connectivity index (χ3n) is 4.22. The summed E-state index contributed by atoms with van der Waals surface area (Å²) in [4.78, 5) is 11.8. The van der Waals surface area contributed by atoms with Gasteiger partial charge in [-0.05, 0) is 38.0 Å². The van der Waals surface area contributed by atoms with Crippen molar-refractivity contribution in [3.8, 4) is 0 Å². The fourth-order valence-corrected chi connectivity index (χ4v) is 2.62. The number of amides is 1. The monoisotopic (exact) mass is 286 g/mol. The van der Waals surface area contributed by atoms with Crippen molar-refractivity contribution >= 4 is 5.91 Å². The molecule has 1 unspecified atom stereocenters. The Bertz CT molecular complexity index is 308. The van der Waals surface area contributed by atoms with E-state index in [9.17, 15) is 4.79 Å². The van der Waals surface area contributed by atoms with Gasteiger partial charge in [0.2, 0.25) is 5.91 Å². The Morgan fingerprint density at radius 3 is 2.40 bits per heavy atom. The molecule has 20 heavy (non-hydrogen) atoms. The minimum Gasteiger partial charge on any atom is -0.383 e. The third-order valence-corrected chi connectivity index (χ3v) is 4.22. The minimum absolute atomic E-state index is 0.00443. The van der Waals surface area contributed by atoms with Gasteiger partial charge in [-0.3, -0.25) is 4.79 Å². The number of carbonyl (C=O) groups excluding carboxylic acids is 1. The number of carbonyl (C=O) groups is 1. The smallest absolute Gasteiger partial charge is 0.246 e. The summed E-state index contributed by atoms with van der Waals surface area (Å²) in [6.45, 7) is 7.50. The van der Waals surface area contributed by atoms with Gasteiger partial charge in [-0.15, -0.1) is 0 Å². The first-order chi connectivity index (χ1) is 9.32. The Hall–Kier alpha value is -0.650. The highest BCUT2D eigenvalue weighted by Gasteiger charge is 2.38. The zero-order chi connectivity index (χ0) is 15.2. The molecule has 0 aliphatic heterocycles. The van der Waals surface area contributed by atoms with Gasteiger partial charge >= 0.3 is 0 Å². The molecule has 1 rings (SSSR count). The second-order valence-electron chi connectivity index (χ2n) is 6.76. The number of hydrogen-bond donors (Lipinski definition) is 2. The van der Waals surface area contributed by atoms with Crippen LogP contribution < -0.4 is 11.1 Å². The number of rotatable bonds is 7. The van der Waals surface area contributed by atoms with Crippen molar-refractivity contribution in [1.29, 1.82) is 0 Å². The van der Waals surface area contributed by atoms with Gasteiger partial charge in [-0.25, -0.2) is 0 Å². The SMILES string of the molecule is COCC(C)NC(=O)COC1(CN)CCC(C)(C)CC1. The van der Waals surface area contributed by atoms with E-state index in [2.05, 4.69) is 19.2 Å². The molecule has 0 aromatic heterocycles. The van der Waals surface area contributed by atoms with Crippen LogP contribution in [0.15, 0.2) is 0 Å². The molecule has 0 bridgehead atoms. The molecule has 5 heteroatoms. The van der Waals surface area contributed by atoms with E-state index in [1.807, 2.05) is 6.92 Å². The quantitative estimate of drug-likeness (QED) is 0.743. The number of ether oxygens (including phenoxy) is 2. The molecular weight excluding hydrogens is 256 g/mol. The lowest BCUT2D eigenvalue weighted by molar-refractivity contribution is -0.138. The Kier molecular flexibility index (Phi) is 6.43. The molecule has 3 N–H and O–H groups in total. The maximum atomic E-state index is 11.8. The van der Waals surface area contributed by atoms with Crippen LogP contribution in [0.4, 0.5) is 0 Å². The molecule has 1 aliphatic rings. The Balaban J connectivity index is 2.40. The fourth-order valence-electron chi connectivity index (χ4n) is 2.62. The van der Waals surface area contributed by atoms with Gasteiger partial charge in [0.1, 0.15) is 6.61 Å². The van der Waals surface area contributed by atoms with Crippen LogP contribution in [0.2, 0.25) is 0 Å². The molecule has 1 saturated carbocycles. The van der Waals surface area contributed by atoms with Crippen LogP contribution in [0.3, 0.4) is 0 Å². The lowest BCUT2D eigenvalue weighted by Gasteiger charge is -2.42. The predicted octanol–water partition coefficient (Wildman–Crippen LogP) is 1.45. The Morgan fingerprint density at radius 2 is 1.90 bits per heavy atom. The highest BCUT2D eigenvalue weighted by Crippen LogP contribution is 2.41. The molecule has 1 amide bonds. The van der Waals surface area contributed by atoms with Gasteiger partial charge in [0.25, 0.3) is 0 Å². The van der Waals surface area contributed by atoms with Gasteiger partial charge in [-0.2, -0.15) is 0 Å². The predicted molar refractivity (Wildman–Crippen MR) is 79.5 cm³/mol. The number of methoxy groups -OCH3 is 1. The van der Waals surface area contributed by atoms with Crippen LogP contribution in [-0.4, -0.2) is 44.4 Å². The molecule has 0 aromatic carbocycles. The van der Waals surface area contributed by atoms with Crippen molar-refractivity contribution in [1.82, 2.24) is 5.32 Å². The van der Waals surface area contributed by atoms with Crippen LogP contribution in [0.25, 0.3) is 0 Å². The first-order valence-corrected chi connectivity index (χ1v) is 7.45. The highest BCUT2D eigenvalue weighted by atomic mass is 16.5. The topological polar surface area (TPSA) is 73.6 Å². The maximum Gasteiger partial charge on any atom is 0.246 e. The van der Waals surface area contributed by atoms with E-state index in [4.69, 9.17) is 15.2 Å². The Morgan fingerprint density at radius 1 is 1.30 bits per heavy atom. The third kappa shape index (κ3) is 5.38. The first kappa shape index (κ1) is 17.4. The summed E-state index contributed by atoms with van der Waals surface area (Å²) in [5.74, 6) is -0.104. The molecule has 0 saturated heterocycles. The van der Waals surface area contributed by atoms with E-state index in [1.54, 1.807) is 7.11 Å². The van der Waals surface area contributed by atoms with E-state index in [0.717, 1.165) is 25.7 Å². The fraction of sp³-hybridized carbons (Fsp3) is 0.933. The summed E-state index contributed by atoms with van der Waals surface area (Å²) < 4.78 is 10.9. The van der Waals surface area contributed by atoms with Crippen molar-refractivity contribution < 1.29 is 14.3 Å². The normalized spacial score (nSPS) is 22.2. The second-order valence-corrected chi connectivity index (χ2v) is 6.76. The number of hydrogen-bond acceptors (Lipinski definition) is 4. The second kappa shape index (κ2) is 7.38. The molecule has 0 aromatic rings. The largest absolute Gasteiger partial charge is 0.383 e. The molecule has 1 aliphatic carbocycles. The van der Waals surface area contributed by atoms with Crippen molar-refractivity contribution in [2.75, 3.05) is 26.9 Å². The van der Waals surface area contributed by atoms with Crippen LogP contribution in [-0.2, 0) is 14.3 Å². The standard InChI is InChI=1S/C15H30N2O3/c1-12(9-19-4)17-13(18)10-20-15(11-16)7-5-14(2,3)6-8-15/h12H,5-11,16H2,1-4H3,(H,17,18). The summed E-state index contributed by atoms with van der Waals surface area (Å²) in [6, 6.07) is -0.00443. The highest BCUT2D eigenvalue weighted by molar-refractivity contribution is 5.77.